The number of hydrogen-bond acceptors (Lipinski definition) is 5. The predicted octanol–water partition coefficient (Wildman–Crippen LogP) is 4.93. The topological polar surface area (TPSA) is 99.1 Å². The normalized spacial score (nSPS) is 13.4. The van der Waals surface area contributed by atoms with Gasteiger partial charge in [0.2, 0.25) is 0 Å². The highest BCUT2D eigenvalue weighted by molar-refractivity contribution is 7.13. The molecule has 2 amide bonds. The quantitative estimate of drug-likeness (QED) is 0.190. The van der Waals surface area contributed by atoms with Crippen molar-refractivity contribution in [2.75, 3.05) is 6.54 Å². The van der Waals surface area contributed by atoms with Crippen LogP contribution in [0.3, 0.4) is 0 Å². The first-order valence-electron chi connectivity index (χ1n) is 11.1. The maximum Gasteiger partial charge on any atom is 0.310 e. The van der Waals surface area contributed by atoms with Crippen LogP contribution in [0.2, 0.25) is 5.02 Å². The number of nitrogens with one attached hydrogen (secondary N) is 2. The number of nitriles is 1. The fourth-order valence-electron chi connectivity index (χ4n) is 4.11. The third-order valence-electron chi connectivity index (χ3n) is 6.19. The summed E-state index contributed by atoms with van der Waals surface area (Å²) in [5.74, 6) is -2.80. The van der Waals surface area contributed by atoms with E-state index in [2.05, 4.69) is 17.2 Å². The van der Waals surface area contributed by atoms with Gasteiger partial charge in [0.05, 0.1) is 11.1 Å². The largest absolute Gasteiger partial charge is 0.344 e. The van der Waals surface area contributed by atoms with Gasteiger partial charge < -0.3 is 10.6 Å². The predicted molar refractivity (Wildman–Crippen MR) is 136 cm³/mol. The zero-order valence-corrected chi connectivity index (χ0v) is 20.6. The van der Waals surface area contributed by atoms with Gasteiger partial charge in [0, 0.05) is 33.5 Å². The lowest BCUT2D eigenvalue weighted by Crippen LogP contribution is -2.39. The van der Waals surface area contributed by atoms with Crippen LogP contribution < -0.4 is 10.6 Å². The van der Waals surface area contributed by atoms with Crippen LogP contribution in [-0.4, -0.2) is 24.1 Å². The van der Waals surface area contributed by atoms with Gasteiger partial charge in [-0.25, -0.2) is 4.39 Å². The number of benzene rings is 2. The summed E-state index contributed by atoms with van der Waals surface area (Å²) in [6.45, 7) is 3.68. The second-order valence-electron chi connectivity index (χ2n) is 8.37. The Balaban J connectivity index is 1.59. The number of carbonyl (C=O) groups is 3. The minimum atomic E-state index is -0.945. The van der Waals surface area contributed by atoms with Gasteiger partial charge in [-0.15, -0.1) is 11.3 Å². The molecule has 0 aliphatic heterocycles. The van der Waals surface area contributed by atoms with E-state index in [0.717, 1.165) is 10.4 Å². The number of carbonyl (C=O) groups excluding carboxylic acids is 3. The standard InChI is InChI=1S/C27H21ClFN3O3S/c1-16(24(33)19-6-3-2-5-17(19)15-32-26(35)25(34)31-11-10-30)27(8-9-27)20-13-18(14-21(28)23(20)29)22-7-4-12-36-22/h2-7,12-14H,1,8-9,11,15H2,(H,31,34)(H,32,35). The zero-order chi connectivity index (χ0) is 25.9. The lowest BCUT2D eigenvalue weighted by atomic mass is 9.82. The van der Waals surface area contributed by atoms with E-state index >= 15 is 4.39 Å². The SMILES string of the molecule is C=C(C(=O)c1ccccc1CNC(=O)C(=O)NCC#N)C1(c2cc(-c3cccs3)cc(Cl)c2F)CC1. The van der Waals surface area contributed by atoms with E-state index in [1.165, 1.54) is 11.3 Å². The van der Waals surface area contributed by atoms with E-state index in [1.807, 2.05) is 17.5 Å². The van der Waals surface area contributed by atoms with Crippen molar-refractivity contribution < 1.29 is 18.8 Å². The highest BCUT2D eigenvalue weighted by Gasteiger charge is 2.51. The lowest BCUT2D eigenvalue weighted by molar-refractivity contribution is -0.139. The molecule has 6 nitrogen and oxygen atoms in total. The van der Waals surface area contributed by atoms with Gasteiger partial charge in [-0.2, -0.15) is 5.26 Å². The van der Waals surface area contributed by atoms with Crippen molar-refractivity contribution in [2.45, 2.75) is 24.8 Å². The zero-order valence-electron chi connectivity index (χ0n) is 19.1. The molecule has 182 valence electrons. The summed E-state index contributed by atoms with van der Waals surface area (Å²) in [5.41, 5.74) is 1.27. The number of hydrogen-bond donors (Lipinski definition) is 2. The molecular weight excluding hydrogens is 501 g/mol. The molecule has 0 saturated heterocycles. The number of halogens is 2. The molecule has 0 spiro atoms. The van der Waals surface area contributed by atoms with E-state index in [1.54, 1.807) is 42.5 Å². The molecule has 0 radical (unpaired) electrons. The highest BCUT2D eigenvalue weighted by atomic mass is 35.5. The molecule has 9 heteroatoms. The van der Waals surface area contributed by atoms with Crippen molar-refractivity contribution in [3.63, 3.8) is 0 Å². The first-order valence-corrected chi connectivity index (χ1v) is 12.3. The molecular formula is C27H21ClFN3O3S. The molecule has 1 fully saturated rings. The van der Waals surface area contributed by atoms with Crippen molar-refractivity contribution >= 4 is 40.5 Å². The van der Waals surface area contributed by atoms with E-state index < -0.39 is 23.0 Å². The van der Waals surface area contributed by atoms with E-state index in [9.17, 15) is 14.4 Å². The Labute approximate surface area is 216 Å². The van der Waals surface area contributed by atoms with Gasteiger partial charge in [0.1, 0.15) is 12.4 Å². The Morgan fingerprint density at radius 1 is 1.11 bits per heavy atom. The number of Topliss-reactive ketones (excluding diaryl/α,β-unsaturated/α-hetero) is 1. The number of allylic oxidation sites excluding steroid dienone is 1. The molecule has 1 aliphatic rings. The molecule has 36 heavy (non-hydrogen) atoms. The van der Waals surface area contributed by atoms with E-state index in [0.29, 0.717) is 29.5 Å². The Kier molecular flexibility index (Phi) is 7.34. The van der Waals surface area contributed by atoms with Gasteiger partial charge in [-0.05, 0) is 47.5 Å². The molecule has 2 N–H and O–H groups in total. The van der Waals surface area contributed by atoms with Crippen LogP contribution in [-0.2, 0) is 21.5 Å². The van der Waals surface area contributed by atoms with Gasteiger partial charge in [-0.3, -0.25) is 14.4 Å². The van der Waals surface area contributed by atoms with Crippen molar-refractivity contribution in [1.29, 1.82) is 5.26 Å². The van der Waals surface area contributed by atoms with Crippen LogP contribution in [0.5, 0.6) is 0 Å². The van der Waals surface area contributed by atoms with Crippen LogP contribution >= 0.6 is 22.9 Å². The van der Waals surface area contributed by atoms with Gasteiger partial charge >= 0.3 is 11.8 Å². The average molecular weight is 522 g/mol. The maximum absolute atomic E-state index is 15.3. The smallest absolute Gasteiger partial charge is 0.310 e. The summed E-state index contributed by atoms with van der Waals surface area (Å²) in [6.07, 6.45) is 1.10. The fourth-order valence-corrected chi connectivity index (χ4v) is 5.05. The minimum Gasteiger partial charge on any atom is -0.344 e. The van der Waals surface area contributed by atoms with E-state index in [-0.39, 0.29) is 29.5 Å². The molecule has 1 saturated carbocycles. The molecule has 2 aromatic carbocycles. The molecule has 3 aromatic rings. The minimum absolute atomic E-state index is 0.0137. The molecule has 4 rings (SSSR count). The second-order valence-corrected chi connectivity index (χ2v) is 9.72. The summed E-state index contributed by atoms with van der Waals surface area (Å²) >= 11 is 7.76. The molecule has 0 unspecified atom stereocenters. The summed E-state index contributed by atoms with van der Waals surface area (Å²) in [6, 6.07) is 15.5. The Bertz CT molecular complexity index is 1410. The number of thiophene rings is 1. The molecule has 1 aromatic heterocycles. The third-order valence-corrected chi connectivity index (χ3v) is 7.38. The van der Waals surface area contributed by atoms with Crippen molar-refractivity contribution in [2.24, 2.45) is 0 Å². The van der Waals surface area contributed by atoms with Crippen molar-refractivity contribution in [3.8, 4) is 16.5 Å². The molecule has 0 bridgehead atoms. The van der Waals surface area contributed by atoms with Crippen LogP contribution in [0.4, 0.5) is 4.39 Å². The van der Waals surface area contributed by atoms with Crippen LogP contribution in [0.15, 0.2) is 66.1 Å². The Hall–Kier alpha value is -3.80. The number of amides is 2. The van der Waals surface area contributed by atoms with Crippen LogP contribution in [0.1, 0.15) is 34.3 Å². The molecule has 1 aliphatic carbocycles. The van der Waals surface area contributed by atoms with Crippen molar-refractivity contribution in [1.82, 2.24) is 10.6 Å². The molecule has 1 heterocycles. The van der Waals surface area contributed by atoms with Crippen LogP contribution in [0.25, 0.3) is 10.4 Å². The van der Waals surface area contributed by atoms with Gasteiger partial charge in [0.15, 0.2) is 5.78 Å². The number of nitrogens with zero attached hydrogens (tertiary/aromatic N) is 1. The molecule has 0 atom stereocenters. The maximum atomic E-state index is 15.3. The first kappa shape index (κ1) is 25.3. The first-order chi connectivity index (χ1) is 17.3. The summed E-state index contributed by atoms with van der Waals surface area (Å²) < 4.78 is 15.3. The highest BCUT2D eigenvalue weighted by Crippen LogP contribution is 2.56. The monoisotopic (exact) mass is 521 g/mol. The van der Waals surface area contributed by atoms with Gasteiger partial charge in [-0.1, -0.05) is 48.5 Å². The van der Waals surface area contributed by atoms with Crippen molar-refractivity contribution in [3.05, 3.63) is 93.6 Å². The lowest BCUT2D eigenvalue weighted by Gasteiger charge is -2.21. The number of ketones is 1. The third kappa shape index (κ3) is 4.94. The van der Waals surface area contributed by atoms with Gasteiger partial charge in [0.25, 0.3) is 0 Å². The summed E-state index contributed by atoms with van der Waals surface area (Å²) in [4.78, 5) is 38.2. The summed E-state index contributed by atoms with van der Waals surface area (Å²) in [7, 11) is 0. The Morgan fingerprint density at radius 2 is 1.83 bits per heavy atom. The van der Waals surface area contributed by atoms with E-state index in [4.69, 9.17) is 16.9 Å². The summed E-state index contributed by atoms with van der Waals surface area (Å²) in [5, 5.41) is 15.0. The average Bonchev–Trinajstić information content (AvgIpc) is 3.51. The fraction of sp³-hybridized carbons (Fsp3) is 0.185. The van der Waals surface area contributed by atoms with Crippen LogP contribution in [0, 0.1) is 17.1 Å². The Morgan fingerprint density at radius 3 is 2.50 bits per heavy atom. The number of rotatable bonds is 8. The second kappa shape index (κ2) is 10.4.